The number of carbonyl (C=O) groups excluding carboxylic acids is 2. The lowest BCUT2D eigenvalue weighted by atomic mass is 10.0. The van der Waals surface area contributed by atoms with Crippen LogP contribution in [0.25, 0.3) is 22.0 Å². The molecule has 0 aliphatic rings. The molecule has 0 unspecified atom stereocenters. The van der Waals surface area contributed by atoms with Crippen molar-refractivity contribution in [2.24, 2.45) is 5.10 Å². The van der Waals surface area contributed by atoms with Gasteiger partial charge in [0, 0.05) is 40.5 Å². The molecule has 5 aromatic rings. The number of nitrogens with one attached hydrogen (secondary N) is 2. The molecule has 0 aliphatic carbocycles. The number of hydrazone groups is 1. The summed E-state index contributed by atoms with van der Waals surface area (Å²) in [5.74, 6) is -0.203. The standard InChI is InChI=1S/C30H19Br3ClN3O4/c1-40-24-13-11-21(33)26-25(20-4-2-3-5-22(20)34)28(36-27(24)26)29(38)37-35-15-17-14-19(32)10-12-23(17)41-30(39)16-6-8-18(31)9-7-16/h2-15,36H,1H3,(H,37,38). The average molecular weight is 761 g/mol. The SMILES string of the molecule is COc1ccc(Br)c2c(-c3ccccc3Cl)c(C(=O)NN=Cc3cc(Br)ccc3OC(=O)c3ccc(Br)cc3)[nH]c12. The zero-order chi connectivity index (χ0) is 29.1. The normalized spacial score (nSPS) is 11.1. The van der Waals surface area contributed by atoms with E-state index in [1.165, 1.54) is 6.21 Å². The molecule has 1 aromatic heterocycles. The Bertz CT molecular complexity index is 1820. The quantitative estimate of drug-likeness (QED) is 0.0752. The van der Waals surface area contributed by atoms with Gasteiger partial charge in [-0.3, -0.25) is 4.79 Å². The number of ether oxygens (including phenoxy) is 2. The second kappa shape index (κ2) is 12.6. The van der Waals surface area contributed by atoms with Gasteiger partial charge in [0.05, 0.1) is 24.4 Å². The smallest absolute Gasteiger partial charge is 0.343 e. The van der Waals surface area contributed by atoms with Gasteiger partial charge in [-0.05, 0) is 60.7 Å². The molecule has 206 valence electrons. The molecule has 0 fully saturated rings. The zero-order valence-corrected chi connectivity index (χ0v) is 26.7. The van der Waals surface area contributed by atoms with Crippen molar-refractivity contribution >= 4 is 88.4 Å². The Morgan fingerprint density at radius 1 is 0.927 bits per heavy atom. The fourth-order valence-electron chi connectivity index (χ4n) is 4.19. The molecular formula is C30H19Br3ClN3O4. The van der Waals surface area contributed by atoms with Gasteiger partial charge in [-0.15, -0.1) is 0 Å². The number of carbonyl (C=O) groups is 2. The summed E-state index contributed by atoms with van der Waals surface area (Å²) in [7, 11) is 1.56. The molecule has 1 amide bonds. The van der Waals surface area contributed by atoms with Crippen LogP contribution in [0.15, 0.2) is 97.4 Å². The van der Waals surface area contributed by atoms with Crippen molar-refractivity contribution in [3.63, 3.8) is 0 Å². The minimum atomic E-state index is -0.527. The lowest BCUT2D eigenvalue weighted by Crippen LogP contribution is -2.19. The Kier molecular flexibility index (Phi) is 8.94. The Morgan fingerprint density at radius 3 is 2.37 bits per heavy atom. The summed E-state index contributed by atoms with van der Waals surface area (Å²) in [5.41, 5.74) is 5.56. The third kappa shape index (κ3) is 6.25. The minimum absolute atomic E-state index is 0.242. The van der Waals surface area contributed by atoms with Crippen molar-refractivity contribution in [1.82, 2.24) is 10.4 Å². The number of hydrogen-bond acceptors (Lipinski definition) is 5. The number of nitrogens with zero attached hydrogens (tertiary/aromatic N) is 1. The molecule has 0 saturated carbocycles. The van der Waals surface area contributed by atoms with Crippen molar-refractivity contribution in [3.8, 4) is 22.6 Å². The molecule has 1 heterocycles. The number of rotatable bonds is 7. The van der Waals surface area contributed by atoms with Crippen molar-refractivity contribution in [2.45, 2.75) is 0 Å². The molecule has 0 atom stereocenters. The van der Waals surface area contributed by atoms with Crippen molar-refractivity contribution < 1.29 is 19.1 Å². The van der Waals surface area contributed by atoms with Gasteiger partial charge in [0.1, 0.15) is 17.2 Å². The number of fused-ring (bicyclic) bond motifs is 1. The van der Waals surface area contributed by atoms with E-state index in [1.807, 2.05) is 24.3 Å². The summed E-state index contributed by atoms with van der Waals surface area (Å²) in [4.78, 5) is 29.4. The van der Waals surface area contributed by atoms with Gasteiger partial charge in [-0.25, -0.2) is 10.2 Å². The molecule has 4 aromatic carbocycles. The molecule has 41 heavy (non-hydrogen) atoms. The predicted octanol–water partition coefficient (Wildman–Crippen LogP) is 8.77. The largest absolute Gasteiger partial charge is 0.495 e. The molecular weight excluding hydrogens is 742 g/mol. The first-order chi connectivity index (χ1) is 19.8. The fraction of sp³-hybridized carbons (Fsp3) is 0.0333. The maximum atomic E-state index is 13.5. The molecule has 0 bridgehead atoms. The lowest BCUT2D eigenvalue weighted by Gasteiger charge is -2.09. The molecule has 0 radical (unpaired) electrons. The first-order valence-electron chi connectivity index (χ1n) is 12.0. The molecule has 11 heteroatoms. The van der Waals surface area contributed by atoms with E-state index < -0.39 is 11.9 Å². The predicted molar refractivity (Wildman–Crippen MR) is 171 cm³/mol. The van der Waals surface area contributed by atoms with Crippen LogP contribution in [0.1, 0.15) is 26.4 Å². The highest BCUT2D eigenvalue weighted by Crippen LogP contribution is 2.43. The van der Waals surface area contributed by atoms with Gasteiger partial charge in [0.15, 0.2) is 0 Å². The van der Waals surface area contributed by atoms with E-state index in [4.69, 9.17) is 21.1 Å². The van der Waals surface area contributed by atoms with Gasteiger partial charge in [0.2, 0.25) is 0 Å². The van der Waals surface area contributed by atoms with Gasteiger partial charge in [-0.1, -0.05) is 77.6 Å². The summed E-state index contributed by atoms with van der Waals surface area (Å²) in [6.45, 7) is 0. The van der Waals surface area contributed by atoms with Crippen molar-refractivity contribution in [2.75, 3.05) is 7.11 Å². The summed E-state index contributed by atoms with van der Waals surface area (Å²) in [5, 5.41) is 5.38. The topological polar surface area (TPSA) is 92.8 Å². The molecule has 7 nitrogen and oxygen atoms in total. The molecule has 2 N–H and O–H groups in total. The van der Waals surface area contributed by atoms with E-state index in [0.29, 0.717) is 38.5 Å². The van der Waals surface area contributed by atoms with Crippen LogP contribution in [0.4, 0.5) is 0 Å². The van der Waals surface area contributed by atoms with Gasteiger partial charge in [-0.2, -0.15) is 5.10 Å². The summed E-state index contributed by atoms with van der Waals surface area (Å²) < 4.78 is 13.5. The molecule has 5 rings (SSSR count). The lowest BCUT2D eigenvalue weighted by molar-refractivity contribution is 0.0734. The first kappa shape index (κ1) is 29.1. The molecule has 0 aliphatic heterocycles. The zero-order valence-electron chi connectivity index (χ0n) is 21.2. The van der Waals surface area contributed by atoms with E-state index in [-0.39, 0.29) is 11.4 Å². The van der Waals surface area contributed by atoms with E-state index >= 15 is 0 Å². The van der Waals surface area contributed by atoms with Crippen LogP contribution in [0, 0.1) is 0 Å². The summed E-state index contributed by atoms with van der Waals surface area (Å²) >= 11 is 16.9. The van der Waals surface area contributed by atoms with Crippen LogP contribution in [0.2, 0.25) is 5.02 Å². The molecule has 0 saturated heterocycles. The highest BCUT2D eigenvalue weighted by Gasteiger charge is 2.24. The highest BCUT2D eigenvalue weighted by molar-refractivity contribution is 9.11. The molecule has 0 spiro atoms. The maximum absolute atomic E-state index is 13.5. The number of aromatic nitrogens is 1. The van der Waals surface area contributed by atoms with E-state index in [1.54, 1.807) is 61.7 Å². The van der Waals surface area contributed by atoms with Gasteiger partial charge < -0.3 is 14.5 Å². The Morgan fingerprint density at radius 2 is 1.63 bits per heavy atom. The van der Waals surface area contributed by atoms with Gasteiger partial charge >= 0.3 is 5.97 Å². The number of H-pyrrole nitrogens is 1. The number of hydrogen-bond donors (Lipinski definition) is 2. The van der Waals surface area contributed by atoms with Crippen LogP contribution in [-0.2, 0) is 0 Å². The minimum Gasteiger partial charge on any atom is -0.495 e. The summed E-state index contributed by atoms with van der Waals surface area (Å²) in [6.07, 6.45) is 1.40. The van der Waals surface area contributed by atoms with E-state index in [0.717, 1.165) is 18.8 Å². The van der Waals surface area contributed by atoms with Crippen molar-refractivity contribution in [3.05, 3.63) is 114 Å². The van der Waals surface area contributed by atoms with Crippen LogP contribution in [-0.4, -0.2) is 30.2 Å². The van der Waals surface area contributed by atoms with Crippen LogP contribution in [0.5, 0.6) is 11.5 Å². The van der Waals surface area contributed by atoms with Crippen molar-refractivity contribution in [1.29, 1.82) is 0 Å². The second-order valence-electron chi connectivity index (χ2n) is 8.63. The van der Waals surface area contributed by atoms with E-state index in [2.05, 4.69) is 63.3 Å². The Hall–Kier alpha value is -3.44. The van der Waals surface area contributed by atoms with Crippen LogP contribution in [0.3, 0.4) is 0 Å². The Balaban J connectivity index is 1.47. The monoisotopic (exact) mass is 757 g/mol. The van der Waals surface area contributed by atoms with Gasteiger partial charge in [0.25, 0.3) is 5.91 Å². The first-order valence-corrected chi connectivity index (χ1v) is 14.8. The maximum Gasteiger partial charge on any atom is 0.343 e. The average Bonchev–Trinajstić information content (AvgIpc) is 3.37. The van der Waals surface area contributed by atoms with Crippen LogP contribution < -0.4 is 14.9 Å². The number of amides is 1. The number of methoxy groups -OCH3 is 1. The number of benzene rings is 4. The third-order valence-electron chi connectivity index (χ3n) is 6.08. The highest BCUT2D eigenvalue weighted by atomic mass is 79.9. The van der Waals surface area contributed by atoms with Crippen LogP contribution >= 0.6 is 59.4 Å². The Labute approximate surface area is 265 Å². The third-order valence-corrected chi connectivity index (χ3v) is 8.09. The number of halogens is 4. The fourth-order valence-corrected chi connectivity index (χ4v) is 5.59. The van der Waals surface area contributed by atoms with E-state index in [9.17, 15) is 9.59 Å². The number of esters is 1. The number of aromatic amines is 1. The second-order valence-corrected chi connectivity index (χ2v) is 11.7. The summed E-state index contributed by atoms with van der Waals surface area (Å²) in [6, 6.07) is 22.8.